The number of rotatable bonds is 4. The molecule has 2 saturated heterocycles. The molecule has 1 N–H and O–H groups in total. The fraction of sp³-hybridized carbons (Fsp3) is 0.867. The number of hydrogen-bond acceptors (Lipinski definition) is 3. The molecule has 0 aromatic rings. The average Bonchev–Trinajstić information content (AvgIpc) is 3.05. The van der Waals surface area contributed by atoms with Gasteiger partial charge in [-0.05, 0) is 26.2 Å². The number of carboxylic acids is 1. The highest BCUT2D eigenvalue weighted by molar-refractivity contribution is 5.80. The molecule has 2 rings (SSSR count). The van der Waals surface area contributed by atoms with Crippen molar-refractivity contribution >= 4 is 12.0 Å². The van der Waals surface area contributed by atoms with Crippen LogP contribution in [0.1, 0.15) is 39.5 Å². The SMILES string of the molecule is CCCC1(C(=O)O)CCN(C(=O)N(C)C2CCOC2C)C1. The highest BCUT2D eigenvalue weighted by Crippen LogP contribution is 2.36. The predicted octanol–water partition coefficient (Wildman–Crippen LogP) is 1.79. The Kier molecular flexibility index (Phi) is 4.76. The third-order valence-corrected chi connectivity index (χ3v) is 4.94. The summed E-state index contributed by atoms with van der Waals surface area (Å²) in [5.74, 6) is -0.778. The number of ether oxygens (including phenoxy) is 1. The third kappa shape index (κ3) is 3.00. The number of carboxylic acid groups (broad SMARTS) is 1. The molecule has 6 nitrogen and oxygen atoms in total. The van der Waals surface area contributed by atoms with Crippen LogP contribution < -0.4 is 0 Å². The van der Waals surface area contributed by atoms with Gasteiger partial charge < -0.3 is 19.6 Å². The quantitative estimate of drug-likeness (QED) is 0.859. The number of carbonyl (C=O) groups excluding carboxylic acids is 1. The van der Waals surface area contributed by atoms with E-state index in [1.807, 2.05) is 13.8 Å². The summed E-state index contributed by atoms with van der Waals surface area (Å²) in [4.78, 5) is 27.6. The van der Waals surface area contributed by atoms with Gasteiger partial charge in [-0.25, -0.2) is 4.79 Å². The first-order chi connectivity index (χ1) is 9.91. The maximum Gasteiger partial charge on any atom is 0.320 e. The molecule has 2 aliphatic rings. The van der Waals surface area contributed by atoms with E-state index >= 15 is 0 Å². The molecule has 2 amide bonds. The molecular formula is C15H26N2O4. The highest BCUT2D eigenvalue weighted by atomic mass is 16.5. The number of amides is 2. The lowest BCUT2D eigenvalue weighted by Crippen LogP contribution is -2.48. The summed E-state index contributed by atoms with van der Waals surface area (Å²) in [6, 6.07) is 0.0140. The number of likely N-dealkylation sites (tertiary alicyclic amines) is 1. The standard InChI is InChI=1S/C15H26N2O4/c1-4-6-15(13(18)19)7-8-17(10-15)14(20)16(3)12-5-9-21-11(12)2/h11-12H,4-10H2,1-3H3,(H,18,19). The topological polar surface area (TPSA) is 70.1 Å². The van der Waals surface area contributed by atoms with E-state index in [9.17, 15) is 14.7 Å². The van der Waals surface area contributed by atoms with E-state index in [1.165, 1.54) is 0 Å². The predicted molar refractivity (Wildman–Crippen MR) is 78.1 cm³/mol. The van der Waals surface area contributed by atoms with Gasteiger partial charge in [-0.3, -0.25) is 4.79 Å². The zero-order valence-electron chi connectivity index (χ0n) is 13.2. The van der Waals surface area contributed by atoms with Crippen molar-refractivity contribution in [1.82, 2.24) is 9.80 Å². The Hall–Kier alpha value is -1.30. The Morgan fingerprint density at radius 2 is 2.19 bits per heavy atom. The van der Waals surface area contributed by atoms with Crippen LogP contribution in [0.15, 0.2) is 0 Å². The van der Waals surface area contributed by atoms with E-state index in [0.717, 1.165) is 12.8 Å². The molecule has 3 atom stereocenters. The molecule has 21 heavy (non-hydrogen) atoms. The minimum absolute atomic E-state index is 0.0430. The fourth-order valence-corrected chi connectivity index (χ4v) is 3.59. The van der Waals surface area contributed by atoms with Gasteiger partial charge >= 0.3 is 12.0 Å². The Morgan fingerprint density at radius 1 is 1.48 bits per heavy atom. The Morgan fingerprint density at radius 3 is 2.71 bits per heavy atom. The van der Waals surface area contributed by atoms with Gasteiger partial charge in [0.1, 0.15) is 0 Å². The molecule has 0 aromatic heterocycles. The molecule has 0 radical (unpaired) electrons. The molecule has 0 aromatic carbocycles. The van der Waals surface area contributed by atoms with Crippen LogP contribution in [-0.2, 0) is 9.53 Å². The van der Waals surface area contributed by atoms with Crippen molar-refractivity contribution in [2.75, 3.05) is 26.7 Å². The Labute approximate surface area is 126 Å². The van der Waals surface area contributed by atoms with Crippen LogP contribution in [0, 0.1) is 5.41 Å². The zero-order valence-corrected chi connectivity index (χ0v) is 13.2. The maximum atomic E-state index is 12.6. The van der Waals surface area contributed by atoms with Crippen LogP contribution in [0.3, 0.4) is 0 Å². The molecule has 120 valence electrons. The third-order valence-electron chi connectivity index (χ3n) is 4.94. The number of nitrogens with zero attached hydrogens (tertiary/aromatic N) is 2. The van der Waals surface area contributed by atoms with Crippen LogP contribution in [0.4, 0.5) is 4.79 Å². The normalized spacial score (nSPS) is 32.4. The zero-order chi connectivity index (χ0) is 15.6. The van der Waals surface area contributed by atoms with Crippen molar-refractivity contribution in [2.45, 2.75) is 51.7 Å². The van der Waals surface area contributed by atoms with Crippen molar-refractivity contribution < 1.29 is 19.4 Å². The molecular weight excluding hydrogens is 272 g/mol. The summed E-state index contributed by atoms with van der Waals surface area (Å²) in [6.45, 7) is 5.49. The van der Waals surface area contributed by atoms with Crippen LogP contribution in [-0.4, -0.2) is 65.8 Å². The van der Waals surface area contributed by atoms with E-state index in [1.54, 1.807) is 16.8 Å². The van der Waals surface area contributed by atoms with Gasteiger partial charge in [-0.1, -0.05) is 13.3 Å². The highest BCUT2D eigenvalue weighted by Gasteiger charge is 2.46. The minimum atomic E-state index is -0.778. The van der Waals surface area contributed by atoms with Crippen LogP contribution in [0.2, 0.25) is 0 Å². The first-order valence-electron chi connectivity index (χ1n) is 7.78. The number of aliphatic carboxylic acids is 1. The maximum absolute atomic E-state index is 12.6. The Bertz CT molecular complexity index is 414. The largest absolute Gasteiger partial charge is 0.481 e. The molecule has 0 spiro atoms. The van der Waals surface area contributed by atoms with Gasteiger partial charge in [0.15, 0.2) is 0 Å². The smallest absolute Gasteiger partial charge is 0.320 e. The van der Waals surface area contributed by atoms with Crippen LogP contribution in [0.25, 0.3) is 0 Å². The molecule has 2 heterocycles. The lowest BCUT2D eigenvalue weighted by molar-refractivity contribution is -0.148. The summed E-state index contributed by atoms with van der Waals surface area (Å²) < 4.78 is 5.51. The van der Waals surface area contributed by atoms with E-state index < -0.39 is 11.4 Å². The summed E-state index contributed by atoms with van der Waals surface area (Å²) in [7, 11) is 1.79. The van der Waals surface area contributed by atoms with Crippen molar-refractivity contribution in [3.63, 3.8) is 0 Å². The van der Waals surface area contributed by atoms with Crippen molar-refractivity contribution in [1.29, 1.82) is 0 Å². The summed E-state index contributed by atoms with van der Waals surface area (Å²) >= 11 is 0. The molecule has 6 heteroatoms. The van der Waals surface area contributed by atoms with E-state index in [0.29, 0.717) is 32.5 Å². The van der Waals surface area contributed by atoms with Crippen molar-refractivity contribution in [3.05, 3.63) is 0 Å². The van der Waals surface area contributed by atoms with Crippen molar-refractivity contribution in [3.8, 4) is 0 Å². The second-order valence-electron chi connectivity index (χ2n) is 6.33. The minimum Gasteiger partial charge on any atom is -0.481 e. The molecule has 2 fully saturated rings. The summed E-state index contributed by atoms with van der Waals surface area (Å²) in [6.07, 6.45) is 2.88. The van der Waals surface area contributed by atoms with E-state index in [2.05, 4.69) is 0 Å². The second-order valence-corrected chi connectivity index (χ2v) is 6.33. The molecule has 3 unspecified atom stereocenters. The molecule has 2 aliphatic heterocycles. The molecule has 0 aliphatic carbocycles. The lowest BCUT2D eigenvalue weighted by atomic mass is 9.83. The van der Waals surface area contributed by atoms with Gasteiger partial charge in [0.2, 0.25) is 0 Å². The number of carbonyl (C=O) groups is 2. The van der Waals surface area contributed by atoms with Crippen LogP contribution in [0.5, 0.6) is 0 Å². The lowest BCUT2D eigenvalue weighted by Gasteiger charge is -2.32. The van der Waals surface area contributed by atoms with Gasteiger partial charge in [0.05, 0.1) is 17.6 Å². The van der Waals surface area contributed by atoms with Gasteiger partial charge in [0.25, 0.3) is 0 Å². The number of likely N-dealkylation sites (N-methyl/N-ethyl adjacent to an activating group) is 1. The van der Waals surface area contributed by atoms with Gasteiger partial charge in [0, 0.05) is 26.7 Å². The molecule has 0 saturated carbocycles. The average molecular weight is 298 g/mol. The second kappa shape index (κ2) is 6.22. The van der Waals surface area contributed by atoms with Gasteiger partial charge in [-0.2, -0.15) is 0 Å². The monoisotopic (exact) mass is 298 g/mol. The fourth-order valence-electron chi connectivity index (χ4n) is 3.59. The first-order valence-corrected chi connectivity index (χ1v) is 7.78. The number of urea groups is 1. The van der Waals surface area contributed by atoms with E-state index in [4.69, 9.17) is 4.74 Å². The van der Waals surface area contributed by atoms with Crippen molar-refractivity contribution in [2.24, 2.45) is 5.41 Å². The Balaban J connectivity index is 2.02. The van der Waals surface area contributed by atoms with Gasteiger partial charge in [-0.15, -0.1) is 0 Å². The summed E-state index contributed by atoms with van der Waals surface area (Å²) in [5.41, 5.74) is -0.761. The van der Waals surface area contributed by atoms with E-state index in [-0.39, 0.29) is 18.2 Å². The number of hydrogen-bond donors (Lipinski definition) is 1. The molecule has 0 bridgehead atoms. The first kappa shape index (κ1) is 16.1. The van der Waals surface area contributed by atoms with Crippen LogP contribution >= 0.6 is 0 Å². The summed E-state index contributed by atoms with van der Waals surface area (Å²) in [5, 5.41) is 9.52.